The molecule has 0 saturated carbocycles. The second kappa shape index (κ2) is 11.5. The van der Waals surface area contributed by atoms with Gasteiger partial charge in [0, 0.05) is 24.0 Å². The summed E-state index contributed by atoms with van der Waals surface area (Å²) in [6.07, 6.45) is 1.09. The molecule has 3 aliphatic rings. The molecule has 0 aliphatic carbocycles. The normalized spacial score (nSPS) is 19.3. The number of hydrogen-bond donors (Lipinski definition) is 1. The number of carbonyl (C=O) groups excluding carboxylic acids is 3. The number of carbonyl (C=O) groups is 3. The van der Waals surface area contributed by atoms with Crippen molar-refractivity contribution in [2.45, 2.75) is 25.5 Å². The summed E-state index contributed by atoms with van der Waals surface area (Å²) >= 11 is 1.53. The minimum atomic E-state index is -0.467. The molecule has 9 nitrogen and oxygen atoms in total. The SMILES string of the molecule is O=C(NCc1nc(-c2ccccc2)cs1)C1CCCN(c2cccc3c2C(=O)N(CC2COc4ccccc4O2)C3=O)C1. The first-order valence-corrected chi connectivity index (χ1v) is 15.3. The fourth-order valence-corrected chi connectivity index (χ4v) is 6.70. The number of rotatable bonds is 7. The maximum absolute atomic E-state index is 13.7. The second-order valence-corrected chi connectivity index (χ2v) is 11.9. The van der Waals surface area contributed by atoms with Gasteiger partial charge in [-0.1, -0.05) is 48.5 Å². The predicted octanol–water partition coefficient (Wildman–Crippen LogP) is 4.78. The zero-order chi connectivity index (χ0) is 29.3. The lowest BCUT2D eigenvalue weighted by Gasteiger charge is -2.34. The first kappa shape index (κ1) is 27.2. The number of amides is 3. The van der Waals surface area contributed by atoms with Crippen molar-refractivity contribution in [3.63, 3.8) is 0 Å². The Morgan fingerprint density at radius 2 is 1.79 bits per heavy atom. The van der Waals surface area contributed by atoms with Crippen LogP contribution >= 0.6 is 11.3 Å². The van der Waals surface area contributed by atoms with Crippen LogP contribution in [-0.4, -0.2) is 60.0 Å². The quantitative estimate of drug-likeness (QED) is 0.308. The van der Waals surface area contributed by atoms with Gasteiger partial charge in [0.1, 0.15) is 11.6 Å². The number of nitrogens with zero attached hydrogens (tertiary/aromatic N) is 3. The summed E-state index contributed by atoms with van der Waals surface area (Å²) in [5.74, 6) is 0.286. The zero-order valence-electron chi connectivity index (χ0n) is 23.4. The third-order valence-electron chi connectivity index (χ3n) is 8.10. The lowest BCUT2D eigenvalue weighted by molar-refractivity contribution is -0.125. The lowest BCUT2D eigenvalue weighted by Crippen LogP contribution is -2.44. The molecule has 1 saturated heterocycles. The van der Waals surface area contributed by atoms with Gasteiger partial charge >= 0.3 is 0 Å². The highest BCUT2D eigenvalue weighted by Crippen LogP contribution is 2.36. The van der Waals surface area contributed by atoms with Crippen LogP contribution in [0.5, 0.6) is 11.5 Å². The van der Waals surface area contributed by atoms with E-state index in [9.17, 15) is 14.4 Å². The Morgan fingerprint density at radius 1 is 0.977 bits per heavy atom. The summed E-state index contributed by atoms with van der Waals surface area (Å²) < 4.78 is 11.8. The molecule has 1 aromatic heterocycles. The molecule has 2 atom stereocenters. The van der Waals surface area contributed by atoms with Gasteiger partial charge in [-0.2, -0.15) is 0 Å². The number of aromatic nitrogens is 1. The van der Waals surface area contributed by atoms with E-state index in [0.29, 0.717) is 47.9 Å². The molecule has 1 fully saturated rings. The van der Waals surface area contributed by atoms with Gasteiger partial charge in [0.25, 0.3) is 11.8 Å². The first-order chi connectivity index (χ1) is 21.0. The number of hydrogen-bond acceptors (Lipinski definition) is 8. The van der Waals surface area contributed by atoms with Crippen LogP contribution in [0.25, 0.3) is 11.3 Å². The molecular weight excluding hydrogens is 564 g/mol. The third-order valence-corrected chi connectivity index (χ3v) is 8.95. The summed E-state index contributed by atoms with van der Waals surface area (Å²) in [6, 6.07) is 22.7. The van der Waals surface area contributed by atoms with Crippen LogP contribution in [0.4, 0.5) is 5.69 Å². The van der Waals surface area contributed by atoms with Crippen molar-refractivity contribution in [2.75, 3.05) is 31.1 Å². The Hall–Kier alpha value is -4.70. The molecule has 1 N–H and O–H groups in total. The van der Waals surface area contributed by atoms with E-state index in [1.54, 1.807) is 12.1 Å². The van der Waals surface area contributed by atoms with Crippen molar-refractivity contribution in [3.8, 4) is 22.8 Å². The van der Waals surface area contributed by atoms with Crippen LogP contribution in [0, 0.1) is 5.92 Å². The average molecular weight is 595 g/mol. The van der Waals surface area contributed by atoms with E-state index in [2.05, 4.69) is 15.2 Å². The smallest absolute Gasteiger partial charge is 0.263 e. The zero-order valence-corrected chi connectivity index (χ0v) is 24.2. The lowest BCUT2D eigenvalue weighted by atomic mass is 9.95. The maximum Gasteiger partial charge on any atom is 0.263 e. The van der Waals surface area contributed by atoms with Crippen LogP contribution in [0.15, 0.2) is 78.2 Å². The molecule has 3 aromatic carbocycles. The van der Waals surface area contributed by atoms with Gasteiger partial charge in [-0.3, -0.25) is 19.3 Å². The highest BCUT2D eigenvalue weighted by molar-refractivity contribution is 7.09. The minimum Gasteiger partial charge on any atom is -0.486 e. The van der Waals surface area contributed by atoms with Gasteiger partial charge in [0.05, 0.1) is 41.5 Å². The highest BCUT2D eigenvalue weighted by Gasteiger charge is 2.41. The van der Waals surface area contributed by atoms with Crippen LogP contribution in [0.2, 0.25) is 0 Å². The molecule has 4 aromatic rings. The Kier molecular flexibility index (Phi) is 7.28. The minimum absolute atomic E-state index is 0.0347. The van der Waals surface area contributed by atoms with Crippen molar-refractivity contribution < 1.29 is 23.9 Å². The van der Waals surface area contributed by atoms with Crippen molar-refractivity contribution in [1.82, 2.24) is 15.2 Å². The third kappa shape index (κ3) is 5.34. The number of thiazole rings is 1. The molecule has 7 rings (SSSR count). The summed E-state index contributed by atoms with van der Waals surface area (Å²) in [4.78, 5) is 48.2. The van der Waals surface area contributed by atoms with Gasteiger partial charge in [-0.25, -0.2) is 4.98 Å². The molecule has 3 aliphatic heterocycles. The van der Waals surface area contributed by atoms with Gasteiger partial charge in [0.15, 0.2) is 17.6 Å². The summed E-state index contributed by atoms with van der Waals surface area (Å²) in [5, 5.41) is 5.91. The van der Waals surface area contributed by atoms with E-state index in [4.69, 9.17) is 9.47 Å². The number of para-hydroxylation sites is 2. The van der Waals surface area contributed by atoms with E-state index in [1.165, 1.54) is 16.2 Å². The van der Waals surface area contributed by atoms with E-state index in [-0.39, 0.29) is 36.8 Å². The predicted molar refractivity (Wildman–Crippen MR) is 162 cm³/mol. The van der Waals surface area contributed by atoms with Crippen molar-refractivity contribution in [2.24, 2.45) is 5.92 Å². The number of fused-ring (bicyclic) bond motifs is 2. The molecule has 0 radical (unpaired) electrons. The van der Waals surface area contributed by atoms with Gasteiger partial charge < -0.3 is 19.7 Å². The van der Waals surface area contributed by atoms with Crippen molar-refractivity contribution in [3.05, 3.63) is 94.3 Å². The maximum atomic E-state index is 13.7. The molecule has 218 valence electrons. The van der Waals surface area contributed by atoms with Crippen LogP contribution in [-0.2, 0) is 11.3 Å². The van der Waals surface area contributed by atoms with Crippen LogP contribution < -0.4 is 19.7 Å². The van der Waals surface area contributed by atoms with Gasteiger partial charge in [0.2, 0.25) is 5.91 Å². The number of benzene rings is 3. The fourth-order valence-electron chi connectivity index (χ4n) is 5.95. The van der Waals surface area contributed by atoms with E-state index < -0.39 is 6.10 Å². The molecule has 43 heavy (non-hydrogen) atoms. The summed E-state index contributed by atoms with van der Waals surface area (Å²) in [6.45, 7) is 1.87. The molecular formula is C33H30N4O5S. The number of anilines is 1. The number of nitrogens with one attached hydrogen (secondary N) is 1. The molecule has 2 unspecified atom stereocenters. The topological polar surface area (TPSA) is 101 Å². The van der Waals surface area contributed by atoms with E-state index >= 15 is 0 Å². The molecule has 3 amide bonds. The summed E-state index contributed by atoms with van der Waals surface area (Å²) in [5.41, 5.74) is 3.41. The Bertz CT molecular complexity index is 1690. The fraction of sp³-hybridized carbons (Fsp3) is 0.273. The van der Waals surface area contributed by atoms with E-state index in [0.717, 1.165) is 29.1 Å². The first-order valence-electron chi connectivity index (χ1n) is 14.5. The number of ether oxygens (including phenoxy) is 2. The number of imide groups is 1. The highest BCUT2D eigenvalue weighted by atomic mass is 32.1. The largest absolute Gasteiger partial charge is 0.486 e. The van der Waals surface area contributed by atoms with Crippen molar-refractivity contribution >= 4 is 34.7 Å². The summed E-state index contributed by atoms with van der Waals surface area (Å²) in [7, 11) is 0. The second-order valence-electron chi connectivity index (χ2n) is 10.9. The Balaban J connectivity index is 1.01. The van der Waals surface area contributed by atoms with Crippen LogP contribution in [0.1, 0.15) is 38.6 Å². The number of piperidine rings is 1. The molecule has 0 spiro atoms. The van der Waals surface area contributed by atoms with Gasteiger partial charge in [-0.05, 0) is 37.1 Å². The molecule has 0 bridgehead atoms. The Labute approximate surface area is 253 Å². The molecule has 4 heterocycles. The average Bonchev–Trinajstić information content (AvgIpc) is 3.63. The van der Waals surface area contributed by atoms with Crippen molar-refractivity contribution in [1.29, 1.82) is 0 Å². The molecule has 10 heteroatoms. The Morgan fingerprint density at radius 3 is 2.65 bits per heavy atom. The standard InChI is InChI=1S/C33H30N4O5S/c38-31(34-16-29-35-25(20-43-29)21-8-2-1-3-9-21)22-10-7-15-36(17-22)26-12-6-11-24-30(26)33(40)37(32(24)39)18-23-19-41-27-13-4-5-14-28(27)42-23/h1-6,8-9,11-14,20,22-23H,7,10,15-19H2,(H,34,38). The monoisotopic (exact) mass is 594 g/mol. The van der Waals surface area contributed by atoms with E-state index in [1.807, 2.05) is 66.0 Å². The van der Waals surface area contributed by atoms with Gasteiger partial charge in [-0.15, -0.1) is 11.3 Å². The van der Waals surface area contributed by atoms with Crippen LogP contribution in [0.3, 0.4) is 0 Å².